The number of carbonyl (C=O) groups excluding carboxylic acids is 2. The van der Waals surface area contributed by atoms with Gasteiger partial charge in [-0.25, -0.2) is 0 Å². The smallest absolute Gasteiger partial charge is 0.254 e. The van der Waals surface area contributed by atoms with Crippen LogP contribution < -0.4 is 14.8 Å². The molecule has 2 heterocycles. The summed E-state index contributed by atoms with van der Waals surface area (Å²) in [4.78, 5) is 31.2. The number of benzene rings is 2. The van der Waals surface area contributed by atoms with Crippen LogP contribution in [-0.2, 0) is 11.2 Å². The molecule has 2 aliphatic rings. The first-order chi connectivity index (χ1) is 16.5. The Bertz CT molecular complexity index is 1050. The van der Waals surface area contributed by atoms with Crippen LogP contribution in [0.1, 0.15) is 58.8 Å². The van der Waals surface area contributed by atoms with Gasteiger partial charge in [-0.3, -0.25) is 9.59 Å². The second-order valence-corrected chi connectivity index (χ2v) is 9.11. The molecular formula is C27H35N3O4. The third-order valence-corrected chi connectivity index (χ3v) is 6.99. The SMILES string of the molecule is CCCCN(C)CCNC(=O)C1c2ccccc2C(=O)N2CCc3cc(OC)c(OC)cc3C12. The van der Waals surface area contributed by atoms with Gasteiger partial charge >= 0.3 is 0 Å². The van der Waals surface area contributed by atoms with Crippen molar-refractivity contribution in [2.24, 2.45) is 0 Å². The van der Waals surface area contributed by atoms with Crippen LogP contribution in [0.25, 0.3) is 0 Å². The Morgan fingerprint density at radius 2 is 1.85 bits per heavy atom. The highest BCUT2D eigenvalue weighted by Gasteiger charge is 2.46. The Kier molecular flexibility index (Phi) is 7.41. The Hall–Kier alpha value is -3.06. The van der Waals surface area contributed by atoms with Crippen molar-refractivity contribution < 1.29 is 19.1 Å². The van der Waals surface area contributed by atoms with Crippen LogP contribution in [0.3, 0.4) is 0 Å². The lowest BCUT2D eigenvalue weighted by atomic mass is 9.75. The Morgan fingerprint density at radius 1 is 1.12 bits per heavy atom. The van der Waals surface area contributed by atoms with Gasteiger partial charge in [0.25, 0.3) is 5.91 Å². The van der Waals surface area contributed by atoms with Crippen molar-refractivity contribution in [1.29, 1.82) is 0 Å². The molecule has 0 saturated heterocycles. The molecule has 2 unspecified atom stereocenters. The lowest BCUT2D eigenvalue weighted by molar-refractivity contribution is -0.124. The van der Waals surface area contributed by atoms with Crippen LogP contribution in [0.2, 0.25) is 0 Å². The van der Waals surface area contributed by atoms with Gasteiger partial charge in [-0.15, -0.1) is 0 Å². The van der Waals surface area contributed by atoms with Crippen molar-refractivity contribution >= 4 is 11.8 Å². The maximum atomic E-state index is 13.7. The first-order valence-corrected chi connectivity index (χ1v) is 12.1. The summed E-state index contributed by atoms with van der Waals surface area (Å²) in [5.41, 5.74) is 3.44. The summed E-state index contributed by atoms with van der Waals surface area (Å²) in [7, 11) is 5.30. The second kappa shape index (κ2) is 10.5. The standard InChI is InChI=1S/C27H35N3O4/c1-5-6-13-29(2)15-12-28-26(31)24-19-9-7-8-10-20(19)27(32)30-14-11-18-16-22(33-3)23(34-4)17-21(18)25(24)30/h7-10,16-17,24-25H,5-6,11-15H2,1-4H3,(H,28,31). The summed E-state index contributed by atoms with van der Waals surface area (Å²) in [6.07, 6.45) is 2.99. The van der Waals surface area contributed by atoms with Gasteiger partial charge in [0.1, 0.15) is 0 Å². The van der Waals surface area contributed by atoms with E-state index in [-0.39, 0.29) is 17.9 Å². The molecule has 182 valence electrons. The largest absolute Gasteiger partial charge is 0.493 e. The van der Waals surface area contributed by atoms with Crippen molar-refractivity contribution in [3.63, 3.8) is 0 Å². The maximum absolute atomic E-state index is 13.7. The van der Waals surface area contributed by atoms with E-state index in [1.165, 1.54) is 0 Å². The number of methoxy groups -OCH3 is 2. The summed E-state index contributed by atoms with van der Waals surface area (Å²) in [5, 5.41) is 3.16. The van der Waals surface area contributed by atoms with E-state index >= 15 is 0 Å². The fourth-order valence-electron chi connectivity index (χ4n) is 5.16. The first kappa shape index (κ1) is 24.1. The number of hydrogen-bond donors (Lipinski definition) is 1. The molecule has 2 aromatic carbocycles. The predicted molar refractivity (Wildman–Crippen MR) is 132 cm³/mol. The lowest BCUT2D eigenvalue weighted by Gasteiger charge is -2.45. The van der Waals surface area contributed by atoms with E-state index in [2.05, 4.69) is 24.2 Å². The highest BCUT2D eigenvalue weighted by atomic mass is 16.5. The molecule has 0 bridgehead atoms. The van der Waals surface area contributed by atoms with Crippen molar-refractivity contribution in [1.82, 2.24) is 15.1 Å². The van der Waals surface area contributed by atoms with Crippen molar-refractivity contribution in [3.05, 3.63) is 58.7 Å². The zero-order valence-electron chi connectivity index (χ0n) is 20.6. The Labute approximate surface area is 202 Å². The van der Waals surface area contributed by atoms with Crippen molar-refractivity contribution in [3.8, 4) is 11.5 Å². The molecule has 0 spiro atoms. The number of ether oxygens (including phenoxy) is 2. The molecule has 4 rings (SSSR count). The van der Waals surface area contributed by atoms with Gasteiger partial charge in [0.2, 0.25) is 5.91 Å². The zero-order chi connectivity index (χ0) is 24.2. The van der Waals surface area contributed by atoms with E-state index in [0.717, 1.165) is 42.6 Å². The Balaban J connectivity index is 1.69. The number of nitrogens with one attached hydrogen (secondary N) is 1. The number of nitrogens with zero attached hydrogens (tertiary/aromatic N) is 2. The van der Waals surface area contributed by atoms with Gasteiger partial charge in [0.15, 0.2) is 11.5 Å². The summed E-state index contributed by atoms with van der Waals surface area (Å²) >= 11 is 0. The quantitative estimate of drug-likeness (QED) is 0.615. The van der Waals surface area contributed by atoms with Gasteiger partial charge in [-0.2, -0.15) is 0 Å². The first-order valence-electron chi connectivity index (χ1n) is 12.1. The van der Waals surface area contributed by atoms with E-state index in [0.29, 0.717) is 36.6 Å². The fourth-order valence-corrected chi connectivity index (χ4v) is 5.16. The Morgan fingerprint density at radius 3 is 2.59 bits per heavy atom. The second-order valence-electron chi connectivity index (χ2n) is 9.11. The normalized spacial score (nSPS) is 18.7. The minimum Gasteiger partial charge on any atom is -0.493 e. The molecule has 34 heavy (non-hydrogen) atoms. The van der Waals surface area contributed by atoms with Crippen LogP contribution in [0.15, 0.2) is 36.4 Å². The molecule has 0 aliphatic carbocycles. The predicted octanol–water partition coefficient (Wildman–Crippen LogP) is 3.39. The minimum absolute atomic E-state index is 0.0237. The summed E-state index contributed by atoms with van der Waals surface area (Å²) in [6, 6.07) is 11.0. The average Bonchev–Trinajstić information content (AvgIpc) is 2.86. The molecule has 1 N–H and O–H groups in total. The van der Waals surface area contributed by atoms with Gasteiger partial charge in [-0.05, 0) is 61.3 Å². The van der Waals surface area contributed by atoms with E-state index < -0.39 is 5.92 Å². The molecule has 2 atom stereocenters. The topological polar surface area (TPSA) is 71.1 Å². The van der Waals surface area contributed by atoms with Gasteiger partial charge in [-0.1, -0.05) is 31.5 Å². The highest BCUT2D eigenvalue weighted by Crippen LogP contribution is 2.48. The third kappa shape index (κ3) is 4.49. The van der Waals surface area contributed by atoms with Gasteiger partial charge < -0.3 is 24.6 Å². The van der Waals surface area contributed by atoms with Crippen molar-refractivity contribution in [2.75, 3.05) is 47.4 Å². The number of rotatable bonds is 9. The summed E-state index contributed by atoms with van der Waals surface area (Å²) in [6.45, 7) is 5.10. The zero-order valence-corrected chi connectivity index (χ0v) is 20.6. The number of fused-ring (bicyclic) bond motifs is 4. The molecule has 2 aromatic rings. The van der Waals surface area contributed by atoms with E-state index in [1.807, 2.05) is 41.3 Å². The molecule has 0 radical (unpaired) electrons. The lowest BCUT2D eigenvalue weighted by Crippen LogP contribution is -2.50. The summed E-state index contributed by atoms with van der Waals surface area (Å²) in [5.74, 6) is 0.692. The van der Waals surface area contributed by atoms with E-state index in [1.54, 1.807) is 14.2 Å². The fraction of sp³-hybridized carbons (Fsp3) is 0.481. The average molecular weight is 466 g/mol. The van der Waals surface area contributed by atoms with Crippen LogP contribution in [-0.4, -0.2) is 69.1 Å². The number of unbranched alkanes of at least 4 members (excludes halogenated alkanes) is 1. The molecule has 2 aliphatic heterocycles. The molecular weight excluding hydrogens is 430 g/mol. The molecule has 0 aromatic heterocycles. The number of hydrogen-bond acceptors (Lipinski definition) is 5. The molecule has 2 amide bonds. The molecule has 0 fully saturated rings. The minimum atomic E-state index is -0.494. The van der Waals surface area contributed by atoms with Gasteiger partial charge in [0.05, 0.1) is 26.2 Å². The van der Waals surface area contributed by atoms with Crippen LogP contribution in [0.5, 0.6) is 11.5 Å². The van der Waals surface area contributed by atoms with Crippen LogP contribution >= 0.6 is 0 Å². The van der Waals surface area contributed by atoms with Crippen molar-refractivity contribution in [2.45, 2.75) is 38.1 Å². The van der Waals surface area contributed by atoms with E-state index in [9.17, 15) is 9.59 Å². The van der Waals surface area contributed by atoms with Gasteiger partial charge in [0, 0.05) is 25.2 Å². The highest BCUT2D eigenvalue weighted by molar-refractivity contribution is 6.01. The van der Waals surface area contributed by atoms with E-state index in [4.69, 9.17) is 9.47 Å². The van der Waals surface area contributed by atoms with Crippen LogP contribution in [0.4, 0.5) is 0 Å². The summed E-state index contributed by atoms with van der Waals surface area (Å²) < 4.78 is 11.1. The van der Waals surface area contributed by atoms with Crippen LogP contribution in [0, 0.1) is 0 Å². The maximum Gasteiger partial charge on any atom is 0.254 e. The molecule has 7 heteroatoms. The monoisotopic (exact) mass is 465 g/mol. The molecule has 7 nitrogen and oxygen atoms in total. The third-order valence-electron chi connectivity index (χ3n) is 6.99. The number of amides is 2. The number of carbonyl (C=O) groups is 2. The number of likely N-dealkylation sites (N-methyl/N-ethyl adjacent to an activating group) is 1. The molecule has 0 saturated carbocycles.